The molecular weight excluding hydrogens is 256 g/mol. The molecule has 1 saturated heterocycles. The fraction of sp³-hybridized carbons (Fsp3) is 0.875. The third-order valence-electron chi connectivity index (χ3n) is 3.68. The molecule has 0 amide bonds. The minimum atomic E-state index is -1.03. The summed E-state index contributed by atoms with van der Waals surface area (Å²) in [6, 6.07) is 0. The molecule has 0 saturated carbocycles. The van der Waals surface area contributed by atoms with Gasteiger partial charge in [-0.05, 0) is 6.42 Å². The number of rotatable bonds is 10. The third kappa shape index (κ3) is 6.92. The molecule has 1 fully saturated rings. The topological polar surface area (TPSA) is 52.6 Å². The highest BCUT2D eigenvalue weighted by Gasteiger charge is 2.38. The Balaban J connectivity index is 2.03. The molecule has 0 aromatic rings. The van der Waals surface area contributed by atoms with Gasteiger partial charge >= 0.3 is 11.9 Å². The Morgan fingerprint density at radius 1 is 0.850 bits per heavy atom. The van der Waals surface area contributed by atoms with Gasteiger partial charge in [0, 0.05) is 13.3 Å². The van der Waals surface area contributed by atoms with Crippen LogP contribution in [0.1, 0.15) is 84.5 Å². The van der Waals surface area contributed by atoms with E-state index in [-0.39, 0.29) is 6.42 Å². The second-order valence-electron chi connectivity index (χ2n) is 5.84. The van der Waals surface area contributed by atoms with Gasteiger partial charge in [0.1, 0.15) is 6.42 Å². The predicted octanol–water partition coefficient (Wildman–Crippen LogP) is 4.11. The zero-order valence-corrected chi connectivity index (χ0v) is 12.9. The maximum atomic E-state index is 11.2. The minimum absolute atomic E-state index is 0.257. The molecule has 0 aliphatic carbocycles. The first kappa shape index (κ1) is 17.0. The van der Waals surface area contributed by atoms with Crippen LogP contribution in [0, 0.1) is 0 Å². The normalized spacial score (nSPS) is 17.7. The minimum Gasteiger partial charge on any atom is -0.422 e. The first-order chi connectivity index (χ1) is 9.56. The lowest BCUT2D eigenvalue weighted by Crippen LogP contribution is -2.42. The van der Waals surface area contributed by atoms with Crippen LogP contribution in [0.15, 0.2) is 0 Å². The third-order valence-corrected chi connectivity index (χ3v) is 3.68. The first-order valence-electron chi connectivity index (χ1n) is 7.99. The van der Waals surface area contributed by atoms with Gasteiger partial charge in [-0.15, -0.1) is 0 Å². The molecule has 116 valence electrons. The van der Waals surface area contributed by atoms with Crippen molar-refractivity contribution in [2.75, 3.05) is 0 Å². The molecule has 0 aromatic carbocycles. The summed E-state index contributed by atoms with van der Waals surface area (Å²) < 4.78 is 10.3. The summed E-state index contributed by atoms with van der Waals surface area (Å²) in [6.07, 6.45) is 11.4. The van der Waals surface area contributed by atoms with E-state index in [1.165, 1.54) is 44.9 Å². The van der Waals surface area contributed by atoms with Crippen molar-refractivity contribution in [3.05, 3.63) is 0 Å². The monoisotopic (exact) mass is 284 g/mol. The molecule has 1 heterocycles. The van der Waals surface area contributed by atoms with Crippen LogP contribution in [0.5, 0.6) is 0 Å². The first-order valence-corrected chi connectivity index (χ1v) is 7.99. The van der Waals surface area contributed by atoms with Crippen molar-refractivity contribution in [3.8, 4) is 0 Å². The van der Waals surface area contributed by atoms with Crippen LogP contribution in [0.25, 0.3) is 0 Å². The molecule has 0 N–H and O–H groups in total. The zero-order chi connectivity index (χ0) is 14.8. The van der Waals surface area contributed by atoms with E-state index in [4.69, 9.17) is 9.47 Å². The largest absolute Gasteiger partial charge is 0.422 e. The van der Waals surface area contributed by atoms with E-state index in [1.54, 1.807) is 6.92 Å². The average Bonchev–Trinajstić information content (AvgIpc) is 2.35. The van der Waals surface area contributed by atoms with E-state index < -0.39 is 17.7 Å². The molecule has 0 aromatic heterocycles. The number of hydrogen-bond acceptors (Lipinski definition) is 4. The Morgan fingerprint density at radius 2 is 1.30 bits per heavy atom. The summed E-state index contributed by atoms with van der Waals surface area (Å²) >= 11 is 0. The Hall–Kier alpha value is -1.06. The van der Waals surface area contributed by atoms with E-state index in [2.05, 4.69) is 6.92 Å². The van der Waals surface area contributed by atoms with Gasteiger partial charge < -0.3 is 9.47 Å². The molecule has 1 rings (SSSR count). The van der Waals surface area contributed by atoms with E-state index in [9.17, 15) is 9.59 Å². The summed E-state index contributed by atoms with van der Waals surface area (Å²) in [7, 11) is 0. The van der Waals surface area contributed by atoms with Crippen LogP contribution in [-0.4, -0.2) is 17.7 Å². The number of unbranched alkanes of at least 4 members (excludes halogenated alkanes) is 8. The fourth-order valence-corrected chi connectivity index (χ4v) is 2.55. The molecule has 0 radical (unpaired) electrons. The number of ether oxygens (including phenoxy) is 2. The van der Waals surface area contributed by atoms with Crippen LogP contribution in [0.2, 0.25) is 0 Å². The molecule has 0 spiro atoms. The molecule has 0 bridgehead atoms. The average molecular weight is 284 g/mol. The second-order valence-corrected chi connectivity index (χ2v) is 5.84. The number of carbonyl (C=O) groups is 2. The molecular formula is C16H28O4. The van der Waals surface area contributed by atoms with Crippen molar-refractivity contribution >= 4 is 11.9 Å². The van der Waals surface area contributed by atoms with Gasteiger partial charge in [0.15, 0.2) is 0 Å². The molecule has 1 aliphatic heterocycles. The Morgan fingerprint density at radius 3 is 1.80 bits per heavy atom. The molecule has 4 nitrogen and oxygen atoms in total. The van der Waals surface area contributed by atoms with Crippen molar-refractivity contribution in [2.45, 2.75) is 90.3 Å². The van der Waals surface area contributed by atoms with Gasteiger partial charge in [0.05, 0.1) is 0 Å². The molecule has 1 aliphatic rings. The second kappa shape index (κ2) is 8.98. The van der Waals surface area contributed by atoms with Gasteiger partial charge in [-0.2, -0.15) is 0 Å². The van der Waals surface area contributed by atoms with Crippen molar-refractivity contribution < 1.29 is 19.1 Å². The Labute approximate surface area is 122 Å². The standard InChI is InChI=1S/C16H28O4/c1-3-4-5-6-7-8-9-10-11-12-16(2)19-14(17)13-15(18)20-16/h3-13H2,1-2H3. The smallest absolute Gasteiger partial charge is 0.320 e. The maximum absolute atomic E-state index is 11.2. The SMILES string of the molecule is CCCCCCCCCCCC1(C)OC(=O)CC(=O)O1. The highest BCUT2D eigenvalue weighted by Crippen LogP contribution is 2.26. The lowest BCUT2D eigenvalue weighted by atomic mass is 10.0. The summed E-state index contributed by atoms with van der Waals surface area (Å²) in [4.78, 5) is 22.5. The molecule has 4 heteroatoms. The summed E-state index contributed by atoms with van der Waals surface area (Å²) in [5.74, 6) is -1.98. The van der Waals surface area contributed by atoms with Crippen molar-refractivity contribution in [3.63, 3.8) is 0 Å². The van der Waals surface area contributed by atoms with Crippen molar-refractivity contribution in [1.82, 2.24) is 0 Å². The lowest BCUT2D eigenvalue weighted by Gasteiger charge is -2.32. The predicted molar refractivity (Wildman–Crippen MR) is 77.1 cm³/mol. The van der Waals surface area contributed by atoms with Crippen molar-refractivity contribution in [2.24, 2.45) is 0 Å². The van der Waals surface area contributed by atoms with Crippen LogP contribution >= 0.6 is 0 Å². The van der Waals surface area contributed by atoms with Crippen molar-refractivity contribution in [1.29, 1.82) is 0 Å². The van der Waals surface area contributed by atoms with Crippen LogP contribution < -0.4 is 0 Å². The summed E-state index contributed by atoms with van der Waals surface area (Å²) in [5, 5.41) is 0. The van der Waals surface area contributed by atoms with Gasteiger partial charge in [0.2, 0.25) is 0 Å². The molecule has 20 heavy (non-hydrogen) atoms. The molecule has 0 atom stereocenters. The van der Waals surface area contributed by atoms with E-state index in [1.807, 2.05) is 0 Å². The number of cyclic esters (lactones) is 2. The zero-order valence-electron chi connectivity index (χ0n) is 12.9. The summed E-state index contributed by atoms with van der Waals surface area (Å²) in [6.45, 7) is 3.90. The van der Waals surface area contributed by atoms with E-state index in [0.717, 1.165) is 12.8 Å². The van der Waals surface area contributed by atoms with Crippen LogP contribution in [0.4, 0.5) is 0 Å². The van der Waals surface area contributed by atoms with Crippen LogP contribution in [0.3, 0.4) is 0 Å². The van der Waals surface area contributed by atoms with Gasteiger partial charge in [0.25, 0.3) is 5.79 Å². The molecule has 0 unspecified atom stereocenters. The lowest BCUT2D eigenvalue weighted by molar-refractivity contribution is -0.239. The number of carbonyl (C=O) groups excluding carboxylic acids is 2. The number of esters is 2. The van der Waals surface area contributed by atoms with Crippen LogP contribution in [-0.2, 0) is 19.1 Å². The number of hydrogen-bond donors (Lipinski definition) is 0. The van der Waals surface area contributed by atoms with E-state index >= 15 is 0 Å². The van der Waals surface area contributed by atoms with E-state index in [0.29, 0.717) is 6.42 Å². The van der Waals surface area contributed by atoms with Gasteiger partial charge in [-0.25, -0.2) is 0 Å². The quantitative estimate of drug-likeness (QED) is 0.344. The summed E-state index contributed by atoms with van der Waals surface area (Å²) in [5.41, 5.74) is 0. The Kier molecular flexibility index (Phi) is 7.63. The fourth-order valence-electron chi connectivity index (χ4n) is 2.55. The maximum Gasteiger partial charge on any atom is 0.320 e. The Bertz CT molecular complexity index is 296. The van der Waals surface area contributed by atoms with Gasteiger partial charge in [-0.3, -0.25) is 9.59 Å². The van der Waals surface area contributed by atoms with Gasteiger partial charge in [-0.1, -0.05) is 58.3 Å². The highest BCUT2D eigenvalue weighted by molar-refractivity contribution is 5.93. The highest BCUT2D eigenvalue weighted by atomic mass is 16.7.